The fraction of sp³-hybridized carbons (Fsp3) is 0.333. The van der Waals surface area contributed by atoms with E-state index in [9.17, 15) is 9.59 Å². The molecule has 92 valence electrons. The van der Waals surface area contributed by atoms with Crippen LogP contribution in [0.5, 0.6) is 0 Å². The van der Waals surface area contributed by atoms with Gasteiger partial charge in [0.15, 0.2) is 0 Å². The highest BCUT2D eigenvalue weighted by atomic mass is 16.5. The van der Waals surface area contributed by atoms with Gasteiger partial charge in [-0.15, -0.1) is 0 Å². The first kappa shape index (κ1) is 13.0. The first-order chi connectivity index (χ1) is 7.93. The lowest BCUT2D eigenvalue weighted by Crippen LogP contribution is -2.13. The summed E-state index contributed by atoms with van der Waals surface area (Å²) in [6.07, 6.45) is 0. The number of carbonyl (C=O) groups excluding carboxylic acids is 2. The standard InChI is InChI=1S/C12H15NO4/c1-6-8(11(14)16-3)5-9(12(15)17-4)7(2)10(6)13/h5H,13H2,1-4H3. The molecular weight excluding hydrogens is 222 g/mol. The highest BCUT2D eigenvalue weighted by Gasteiger charge is 2.20. The molecule has 0 aliphatic carbocycles. The van der Waals surface area contributed by atoms with Gasteiger partial charge >= 0.3 is 11.9 Å². The van der Waals surface area contributed by atoms with Crippen molar-refractivity contribution in [3.63, 3.8) is 0 Å². The first-order valence-electron chi connectivity index (χ1n) is 5.00. The number of nitrogens with two attached hydrogens (primary N) is 1. The minimum atomic E-state index is -0.528. The zero-order valence-electron chi connectivity index (χ0n) is 10.3. The van der Waals surface area contributed by atoms with Gasteiger partial charge in [0.05, 0.1) is 25.3 Å². The van der Waals surface area contributed by atoms with E-state index in [4.69, 9.17) is 5.73 Å². The molecule has 0 unspecified atom stereocenters. The van der Waals surface area contributed by atoms with Crippen molar-refractivity contribution in [2.45, 2.75) is 13.8 Å². The Morgan fingerprint density at radius 1 is 1.00 bits per heavy atom. The van der Waals surface area contributed by atoms with E-state index in [1.165, 1.54) is 20.3 Å². The van der Waals surface area contributed by atoms with Gasteiger partial charge in [0.1, 0.15) is 0 Å². The number of anilines is 1. The Morgan fingerprint density at radius 3 is 1.65 bits per heavy atom. The number of nitrogen functional groups attached to an aromatic ring is 1. The molecule has 0 amide bonds. The molecule has 17 heavy (non-hydrogen) atoms. The number of benzene rings is 1. The predicted octanol–water partition coefficient (Wildman–Crippen LogP) is 1.46. The fourth-order valence-corrected chi connectivity index (χ4v) is 1.58. The van der Waals surface area contributed by atoms with Crippen LogP contribution in [-0.2, 0) is 9.47 Å². The van der Waals surface area contributed by atoms with Crippen molar-refractivity contribution in [2.75, 3.05) is 20.0 Å². The zero-order valence-corrected chi connectivity index (χ0v) is 10.3. The van der Waals surface area contributed by atoms with Gasteiger partial charge in [-0.25, -0.2) is 9.59 Å². The van der Waals surface area contributed by atoms with Crippen molar-refractivity contribution >= 4 is 17.6 Å². The maximum absolute atomic E-state index is 11.5. The molecule has 1 aromatic rings. The Morgan fingerprint density at radius 2 is 1.35 bits per heavy atom. The first-order valence-corrected chi connectivity index (χ1v) is 5.00. The summed E-state index contributed by atoms with van der Waals surface area (Å²) in [5.74, 6) is -1.06. The van der Waals surface area contributed by atoms with E-state index in [1.54, 1.807) is 13.8 Å². The van der Waals surface area contributed by atoms with Crippen molar-refractivity contribution in [1.82, 2.24) is 0 Å². The molecule has 0 bridgehead atoms. The van der Waals surface area contributed by atoms with E-state index in [2.05, 4.69) is 9.47 Å². The van der Waals surface area contributed by atoms with Gasteiger partial charge in [-0.05, 0) is 31.0 Å². The summed E-state index contributed by atoms with van der Waals surface area (Å²) < 4.78 is 9.27. The minimum Gasteiger partial charge on any atom is -0.465 e. The molecule has 0 saturated heterocycles. The van der Waals surface area contributed by atoms with Gasteiger partial charge in [-0.1, -0.05) is 0 Å². The van der Waals surface area contributed by atoms with Crippen LogP contribution in [0.2, 0.25) is 0 Å². The Labute approximate surface area is 99.5 Å². The summed E-state index contributed by atoms with van der Waals surface area (Å²) >= 11 is 0. The number of hydrogen-bond donors (Lipinski definition) is 1. The highest BCUT2D eigenvalue weighted by molar-refractivity contribution is 5.99. The van der Waals surface area contributed by atoms with Crippen LogP contribution in [0, 0.1) is 13.8 Å². The van der Waals surface area contributed by atoms with Crippen molar-refractivity contribution in [3.8, 4) is 0 Å². The molecule has 0 aliphatic heterocycles. The minimum absolute atomic E-state index is 0.274. The number of ether oxygens (including phenoxy) is 2. The Hall–Kier alpha value is -2.04. The molecule has 5 heteroatoms. The molecule has 0 radical (unpaired) electrons. The lowest BCUT2D eigenvalue weighted by molar-refractivity contribution is 0.0598. The molecule has 0 fully saturated rings. The Kier molecular flexibility index (Phi) is 3.73. The van der Waals surface area contributed by atoms with Crippen LogP contribution in [0.25, 0.3) is 0 Å². The second-order valence-corrected chi connectivity index (χ2v) is 3.62. The zero-order chi connectivity index (χ0) is 13.2. The van der Waals surface area contributed by atoms with Gasteiger partial charge in [0.25, 0.3) is 0 Å². The fourth-order valence-electron chi connectivity index (χ4n) is 1.58. The monoisotopic (exact) mass is 237 g/mol. The molecule has 2 N–H and O–H groups in total. The van der Waals surface area contributed by atoms with Crippen LogP contribution in [0.15, 0.2) is 6.07 Å². The van der Waals surface area contributed by atoms with E-state index >= 15 is 0 Å². The van der Waals surface area contributed by atoms with Crippen molar-refractivity contribution in [2.24, 2.45) is 0 Å². The molecule has 0 atom stereocenters. The molecule has 0 saturated carbocycles. The third kappa shape index (κ3) is 2.22. The van der Waals surface area contributed by atoms with Gasteiger partial charge in [0, 0.05) is 5.69 Å². The largest absolute Gasteiger partial charge is 0.465 e. The summed E-state index contributed by atoms with van der Waals surface area (Å²) in [6.45, 7) is 3.41. The third-order valence-corrected chi connectivity index (χ3v) is 2.72. The lowest BCUT2D eigenvalue weighted by atomic mass is 9.97. The molecule has 0 aliphatic rings. The number of rotatable bonds is 2. The number of methoxy groups -OCH3 is 2. The van der Waals surface area contributed by atoms with E-state index in [0.717, 1.165) is 0 Å². The van der Waals surface area contributed by atoms with Crippen LogP contribution in [0.1, 0.15) is 31.8 Å². The normalized spacial score (nSPS) is 9.88. The van der Waals surface area contributed by atoms with E-state index < -0.39 is 11.9 Å². The van der Waals surface area contributed by atoms with Crippen molar-refractivity contribution < 1.29 is 19.1 Å². The second kappa shape index (κ2) is 4.86. The number of hydrogen-bond acceptors (Lipinski definition) is 5. The average molecular weight is 237 g/mol. The molecule has 0 spiro atoms. The second-order valence-electron chi connectivity index (χ2n) is 3.62. The van der Waals surface area contributed by atoms with E-state index in [0.29, 0.717) is 16.8 Å². The summed E-state index contributed by atoms with van der Waals surface area (Å²) in [4.78, 5) is 23.1. The number of esters is 2. The molecule has 0 heterocycles. The summed E-state index contributed by atoms with van der Waals surface area (Å²) in [5.41, 5.74) is 8.00. The van der Waals surface area contributed by atoms with E-state index in [-0.39, 0.29) is 11.1 Å². The Balaban J connectivity index is 3.49. The molecular formula is C12H15NO4. The van der Waals surface area contributed by atoms with Gasteiger partial charge in [-0.3, -0.25) is 0 Å². The third-order valence-electron chi connectivity index (χ3n) is 2.72. The average Bonchev–Trinajstić information content (AvgIpc) is 2.34. The van der Waals surface area contributed by atoms with Gasteiger partial charge < -0.3 is 15.2 Å². The summed E-state index contributed by atoms with van der Waals surface area (Å²) in [7, 11) is 2.55. The highest BCUT2D eigenvalue weighted by Crippen LogP contribution is 2.25. The van der Waals surface area contributed by atoms with Crippen LogP contribution in [0.3, 0.4) is 0 Å². The maximum Gasteiger partial charge on any atom is 0.338 e. The molecule has 1 aromatic carbocycles. The van der Waals surface area contributed by atoms with Crippen LogP contribution >= 0.6 is 0 Å². The topological polar surface area (TPSA) is 78.6 Å². The van der Waals surface area contributed by atoms with Crippen molar-refractivity contribution in [1.29, 1.82) is 0 Å². The van der Waals surface area contributed by atoms with Gasteiger partial charge in [0.2, 0.25) is 0 Å². The summed E-state index contributed by atoms with van der Waals surface area (Å²) in [6, 6.07) is 1.44. The molecule has 5 nitrogen and oxygen atoms in total. The smallest absolute Gasteiger partial charge is 0.338 e. The van der Waals surface area contributed by atoms with Crippen LogP contribution in [0.4, 0.5) is 5.69 Å². The van der Waals surface area contributed by atoms with Gasteiger partial charge in [-0.2, -0.15) is 0 Å². The van der Waals surface area contributed by atoms with Crippen LogP contribution in [-0.4, -0.2) is 26.2 Å². The predicted molar refractivity (Wildman–Crippen MR) is 63.0 cm³/mol. The SMILES string of the molecule is COC(=O)c1cc(C(=O)OC)c(C)c(N)c1C. The maximum atomic E-state index is 11.5. The number of carbonyl (C=O) groups is 2. The quantitative estimate of drug-likeness (QED) is 0.622. The van der Waals surface area contributed by atoms with Crippen LogP contribution < -0.4 is 5.73 Å². The van der Waals surface area contributed by atoms with Crippen molar-refractivity contribution in [3.05, 3.63) is 28.3 Å². The Bertz CT molecular complexity index is 440. The summed E-state index contributed by atoms with van der Waals surface area (Å²) in [5, 5.41) is 0. The molecule has 0 aromatic heterocycles. The molecule has 1 rings (SSSR count). The van der Waals surface area contributed by atoms with E-state index in [1.807, 2.05) is 0 Å². The lowest BCUT2D eigenvalue weighted by Gasteiger charge is -2.13.